The van der Waals surface area contributed by atoms with Crippen LogP contribution in [0.1, 0.15) is 37.1 Å². The highest BCUT2D eigenvalue weighted by atomic mass is 19.1. The number of alkyl halides is 1. The summed E-state index contributed by atoms with van der Waals surface area (Å²) in [6.07, 6.45) is 5.51. The Balaban J connectivity index is 1.58. The molecule has 1 amide bonds. The van der Waals surface area contributed by atoms with E-state index in [1.807, 2.05) is 26.0 Å². The lowest BCUT2D eigenvalue weighted by molar-refractivity contribution is -0.117. The Morgan fingerprint density at radius 2 is 2.06 bits per heavy atom. The second kappa shape index (κ2) is 8.73. The maximum absolute atomic E-state index is 13.1. The number of aliphatic hydroxyl groups excluding tert-OH is 1. The molecule has 0 saturated heterocycles. The number of hydrogen-bond acceptors (Lipinski definition) is 7. The fourth-order valence-corrected chi connectivity index (χ4v) is 3.18. The Morgan fingerprint density at radius 1 is 1.26 bits per heavy atom. The van der Waals surface area contributed by atoms with Crippen molar-refractivity contribution in [1.29, 1.82) is 0 Å². The summed E-state index contributed by atoms with van der Waals surface area (Å²) >= 11 is 0. The highest BCUT2D eigenvalue weighted by Crippen LogP contribution is 2.35. The number of carbonyl (C=O) groups is 1. The van der Waals surface area contributed by atoms with Crippen LogP contribution in [0.5, 0.6) is 0 Å². The van der Waals surface area contributed by atoms with Crippen molar-refractivity contribution >= 4 is 23.1 Å². The summed E-state index contributed by atoms with van der Waals surface area (Å²) in [5.41, 5.74) is 4.34. The predicted molar refractivity (Wildman–Crippen MR) is 114 cm³/mol. The summed E-state index contributed by atoms with van der Waals surface area (Å²) < 4.78 is 13.1. The molecule has 3 atom stereocenters. The number of nitrogens with one attached hydrogen (secondary N) is 2. The number of hydrogen-bond donors (Lipinski definition) is 3. The number of aryl methyl sites for hydroxylation is 1. The van der Waals surface area contributed by atoms with E-state index in [1.54, 1.807) is 24.7 Å². The van der Waals surface area contributed by atoms with Gasteiger partial charge in [-0.2, -0.15) is 0 Å². The molecule has 1 aliphatic carbocycles. The number of pyridine rings is 2. The molecular weight excluding hydrogens is 399 g/mol. The van der Waals surface area contributed by atoms with Crippen molar-refractivity contribution in [1.82, 2.24) is 19.9 Å². The van der Waals surface area contributed by atoms with Gasteiger partial charge in [-0.05, 0) is 37.5 Å². The van der Waals surface area contributed by atoms with Crippen LogP contribution in [0.3, 0.4) is 0 Å². The van der Waals surface area contributed by atoms with E-state index in [-0.39, 0.29) is 12.3 Å². The second-order valence-corrected chi connectivity index (χ2v) is 7.53. The zero-order valence-electron chi connectivity index (χ0n) is 17.2. The smallest absolute Gasteiger partial charge is 0.231 e. The zero-order valence-corrected chi connectivity index (χ0v) is 17.2. The first-order chi connectivity index (χ1) is 15.0. The third-order valence-electron chi connectivity index (χ3n) is 5.19. The van der Waals surface area contributed by atoms with Crippen molar-refractivity contribution in [2.75, 3.05) is 10.6 Å². The molecule has 0 aromatic carbocycles. The summed E-state index contributed by atoms with van der Waals surface area (Å²) in [7, 11) is 0. The van der Waals surface area contributed by atoms with Crippen molar-refractivity contribution in [3.05, 3.63) is 54.4 Å². The maximum atomic E-state index is 13.1. The van der Waals surface area contributed by atoms with Gasteiger partial charge in [-0.1, -0.05) is 6.92 Å². The Morgan fingerprint density at radius 3 is 2.77 bits per heavy atom. The molecule has 0 spiro atoms. The SMILES string of the molecule is CCC(O)c1cc(C)c(Nc2ccncc2-c2cc(NC(=O)C3CC3F)ncn2)cn1. The lowest BCUT2D eigenvalue weighted by Crippen LogP contribution is -2.16. The predicted octanol–water partition coefficient (Wildman–Crippen LogP) is 3.73. The van der Waals surface area contributed by atoms with Crippen LogP contribution in [-0.2, 0) is 4.79 Å². The lowest BCUT2D eigenvalue weighted by atomic mass is 10.1. The summed E-state index contributed by atoms with van der Waals surface area (Å²) in [4.78, 5) is 28.9. The first-order valence-electron chi connectivity index (χ1n) is 10.1. The van der Waals surface area contributed by atoms with E-state index in [1.165, 1.54) is 6.33 Å². The van der Waals surface area contributed by atoms with E-state index in [4.69, 9.17) is 0 Å². The first kappa shape index (κ1) is 20.8. The lowest BCUT2D eigenvalue weighted by Gasteiger charge is -2.15. The van der Waals surface area contributed by atoms with Crippen LogP contribution in [-0.4, -0.2) is 37.1 Å². The monoisotopic (exact) mass is 422 g/mol. The average Bonchev–Trinajstić information content (AvgIpc) is 3.52. The van der Waals surface area contributed by atoms with Gasteiger partial charge >= 0.3 is 0 Å². The van der Waals surface area contributed by atoms with Crippen molar-refractivity contribution < 1.29 is 14.3 Å². The number of rotatable bonds is 7. The summed E-state index contributed by atoms with van der Waals surface area (Å²) in [6.45, 7) is 3.83. The molecule has 1 saturated carbocycles. The van der Waals surface area contributed by atoms with Crippen LogP contribution in [0, 0.1) is 12.8 Å². The minimum atomic E-state index is -1.07. The molecule has 0 aliphatic heterocycles. The van der Waals surface area contributed by atoms with Crippen LogP contribution >= 0.6 is 0 Å². The van der Waals surface area contributed by atoms with Crippen LogP contribution in [0.4, 0.5) is 21.6 Å². The van der Waals surface area contributed by atoms with E-state index in [0.717, 1.165) is 16.9 Å². The Kier molecular flexibility index (Phi) is 5.85. The molecular formula is C22H23FN6O2. The minimum Gasteiger partial charge on any atom is -0.387 e. The van der Waals surface area contributed by atoms with Gasteiger partial charge in [-0.15, -0.1) is 0 Å². The topological polar surface area (TPSA) is 113 Å². The van der Waals surface area contributed by atoms with Crippen LogP contribution in [0.25, 0.3) is 11.3 Å². The van der Waals surface area contributed by atoms with E-state index >= 15 is 0 Å². The Labute approximate surface area is 179 Å². The van der Waals surface area contributed by atoms with Crippen LogP contribution < -0.4 is 10.6 Å². The number of halogens is 1. The van der Waals surface area contributed by atoms with Crippen LogP contribution in [0.2, 0.25) is 0 Å². The van der Waals surface area contributed by atoms with Gasteiger partial charge in [0.05, 0.1) is 41.0 Å². The van der Waals surface area contributed by atoms with Crippen molar-refractivity contribution in [3.8, 4) is 11.3 Å². The second-order valence-electron chi connectivity index (χ2n) is 7.53. The number of amides is 1. The number of aliphatic hydroxyl groups is 1. The summed E-state index contributed by atoms with van der Waals surface area (Å²) in [5, 5.41) is 16.0. The van der Waals surface area contributed by atoms with Crippen molar-refractivity contribution in [2.24, 2.45) is 5.92 Å². The standard InChI is InChI=1S/C22H23FN6O2/c1-3-20(30)18-6-12(2)19(10-25-18)28-16-4-5-24-9-14(16)17-8-21(27-11-26-17)29-22(31)13-7-15(13)23/h4-6,8-11,13,15,20,30H,3,7H2,1-2H3,(H,24,28)(H,26,27,29,31). The molecule has 3 unspecified atom stereocenters. The molecule has 4 rings (SSSR count). The van der Waals surface area contributed by atoms with Gasteiger partial charge in [0, 0.05) is 24.0 Å². The number of nitrogens with zero attached hydrogens (tertiary/aromatic N) is 4. The summed E-state index contributed by atoms with van der Waals surface area (Å²) in [5.74, 6) is -0.670. The van der Waals surface area contributed by atoms with E-state index in [9.17, 15) is 14.3 Å². The molecule has 31 heavy (non-hydrogen) atoms. The molecule has 3 heterocycles. The van der Waals surface area contributed by atoms with Gasteiger partial charge in [0.15, 0.2) is 0 Å². The van der Waals surface area contributed by atoms with Gasteiger partial charge in [-0.25, -0.2) is 14.4 Å². The molecule has 3 aromatic rings. The molecule has 1 aliphatic rings. The first-order valence-corrected chi connectivity index (χ1v) is 10.1. The van der Waals surface area contributed by atoms with Crippen LogP contribution in [0.15, 0.2) is 43.1 Å². The normalized spacial score (nSPS) is 18.3. The quantitative estimate of drug-likeness (QED) is 0.532. The highest BCUT2D eigenvalue weighted by Gasteiger charge is 2.43. The molecule has 3 N–H and O–H groups in total. The van der Waals surface area contributed by atoms with Gasteiger partial charge in [0.25, 0.3) is 0 Å². The number of carbonyl (C=O) groups excluding carboxylic acids is 1. The number of anilines is 3. The molecule has 0 radical (unpaired) electrons. The third kappa shape index (κ3) is 4.66. The fourth-order valence-electron chi connectivity index (χ4n) is 3.18. The Hall–Kier alpha value is -3.46. The molecule has 1 fully saturated rings. The van der Waals surface area contributed by atoms with Gasteiger partial charge in [0.2, 0.25) is 5.91 Å². The molecule has 0 bridgehead atoms. The van der Waals surface area contributed by atoms with E-state index < -0.39 is 18.2 Å². The van der Waals surface area contributed by atoms with E-state index in [2.05, 4.69) is 30.6 Å². The van der Waals surface area contributed by atoms with E-state index in [0.29, 0.717) is 29.2 Å². The van der Waals surface area contributed by atoms with Gasteiger partial charge in [0.1, 0.15) is 18.3 Å². The van der Waals surface area contributed by atoms with Crippen molar-refractivity contribution in [2.45, 2.75) is 39.0 Å². The fraction of sp³-hybridized carbons (Fsp3) is 0.318. The van der Waals surface area contributed by atoms with Gasteiger partial charge < -0.3 is 15.7 Å². The number of aromatic nitrogens is 4. The maximum Gasteiger partial charge on any atom is 0.231 e. The zero-order chi connectivity index (χ0) is 22.0. The molecule has 9 heteroatoms. The van der Waals surface area contributed by atoms with Crippen molar-refractivity contribution in [3.63, 3.8) is 0 Å². The molecule has 3 aromatic heterocycles. The third-order valence-corrected chi connectivity index (χ3v) is 5.19. The Bertz CT molecular complexity index is 1110. The minimum absolute atomic E-state index is 0.252. The van der Waals surface area contributed by atoms with Gasteiger partial charge in [-0.3, -0.25) is 14.8 Å². The highest BCUT2D eigenvalue weighted by molar-refractivity contribution is 5.94. The molecule has 8 nitrogen and oxygen atoms in total. The summed E-state index contributed by atoms with van der Waals surface area (Å²) in [6, 6.07) is 5.29. The largest absolute Gasteiger partial charge is 0.387 e. The average molecular weight is 422 g/mol. The molecule has 160 valence electrons.